The fourth-order valence-corrected chi connectivity index (χ4v) is 3.66. The van der Waals surface area contributed by atoms with E-state index >= 15 is 0 Å². The molecule has 0 amide bonds. The number of nitrogens with one attached hydrogen (secondary N) is 1. The third-order valence-electron chi connectivity index (χ3n) is 3.98. The zero-order chi connectivity index (χ0) is 15.1. The van der Waals surface area contributed by atoms with E-state index < -0.39 is 5.60 Å². The average molecular weight is 308 g/mol. The number of thioether (sulfide) groups is 1. The van der Waals surface area contributed by atoms with Crippen LogP contribution in [0.2, 0.25) is 0 Å². The number of nitrogens with zero attached hydrogens (tertiary/aromatic N) is 1. The zero-order valence-electron chi connectivity index (χ0n) is 13.2. The zero-order valence-corrected chi connectivity index (χ0v) is 14.0. The van der Waals surface area contributed by atoms with Gasteiger partial charge >= 0.3 is 0 Å². The van der Waals surface area contributed by atoms with Gasteiger partial charge in [-0.3, -0.25) is 4.90 Å². The highest BCUT2D eigenvalue weighted by Crippen LogP contribution is 2.15. The topological polar surface area (TPSA) is 35.5 Å². The molecule has 2 atom stereocenters. The first kappa shape index (κ1) is 16.8. The SMILES string of the molecule is CSCC(C)(O)CNC1CCCN(Cc2ccccc2)C1. The maximum Gasteiger partial charge on any atom is 0.0833 e. The minimum Gasteiger partial charge on any atom is -0.388 e. The summed E-state index contributed by atoms with van der Waals surface area (Å²) < 4.78 is 0. The van der Waals surface area contributed by atoms with E-state index in [0.29, 0.717) is 12.6 Å². The Hall–Kier alpha value is -0.550. The van der Waals surface area contributed by atoms with Crippen molar-refractivity contribution in [1.82, 2.24) is 10.2 Å². The van der Waals surface area contributed by atoms with Crippen molar-refractivity contribution in [3.05, 3.63) is 35.9 Å². The maximum atomic E-state index is 10.2. The molecule has 3 nitrogen and oxygen atoms in total. The lowest BCUT2D eigenvalue weighted by molar-refractivity contribution is 0.0746. The molecule has 0 saturated carbocycles. The monoisotopic (exact) mass is 308 g/mol. The van der Waals surface area contributed by atoms with Crippen LogP contribution in [0.15, 0.2) is 30.3 Å². The second-order valence-corrected chi connectivity index (χ2v) is 7.24. The summed E-state index contributed by atoms with van der Waals surface area (Å²) >= 11 is 1.70. The van der Waals surface area contributed by atoms with Crippen LogP contribution in [0.4, 0.5) is 0 Å². The third-order valence-corrected chi connectivity index (χ3v) is 4.89. The van der Waals surface area contributed by atoms with Crippen molar-refractivity contribution in [3.8, 4) is 0 Å². The van der Waals surface area contributed by atoms with Crippen LogP contribution in [0, 0.1) is 0 Å². The van der Waals surface area contributed by atoms with Crippen LogP contribution >= 0.6 is 11.8 Å². The van der Waals surface area contributed by atoms with E-state index in [1.54, 1.807) is 11.8 Å². The molecule has 0 radical (unpaired) electrons. The largest absolute Gasteiger partial charge is 0.388 e. The molecular weight excluding hydrogens is 280 g/mol. The Morgan fingerprint density at radius 1 is 1.38 bits per heavy atom. The van der Waals surface area contributed by atoms with Crippen molar-refractivity contribution in [2.75, 3.05) is 31.6 Å². The van der Waals surface area contributed by atoms with Crippen molar-refractivity contribution in [2.24, 2.45) is 0 Å². The van der Waals surface area contributed by atoms with E-state index in [1.165, 1.54) is 24.9 Å². The minimum atomic E-state index is -0.610. The van der Waals surface area contributed by atoms with Crippen LogP contribution < -0.4 is 5.32 Å². The Bertz CT molecular complexity index is 411. The van der Waals surface area contributed by atoms with Gasteiger partial charge in [-0.05, 0) is 38.1 Å². The van der Waals surface area contributed by atoms with Crippen molar-refractivity contribution < 1.29 is 5.11 Å². The standard InChI is InChI=1S/C17H28N2OS/c1-17(20,14-21-2)13-18-16-9-6-10-19(12-16)11-15-7-4-3-5-8-15/h3-5,7-8,16,18,20H,6,9-14H2,1-2H3. The van der Waals surface area contributed by atoms with Gasteiger partial charge < -0.3 is 10.4 Å². The van der Waals surface area contributed by atoms with Gasteiger partial charge in [-0.25, -0.2) is 0 Å². The van der Waals surface area contributed by atoms with E-state index in [1.807, 2.05) is 13.2 Å². The van der Waals surface area contributed by atoms with Gasteiger partial charge in [-0.1, -0.05) is 30.3 Å². The number of benzene rings is 1. The Kier molecular flexibility index (Phi) is 6.55. The first-order valence-electron chi connectivity index (χ1n) is 7.80. The molecule has 0 aromatic heterocycles. The highest BCUT2D eigenvalue weighted by molar-refractivity contribution is 7.98. The molecule has 1 saturated heterocycles. The molecule has 1 aromatic carbocycles. The predicted octanol–water partition coefficient (Wildman–Crippen LogP) is 2.35. The lowest BCUT2D eigenvalue weighted by atomic mass is 10.0. The van der Waals surface area contributed by atoms with Gasteiger partial charge in [-0.15, -0.1) is 0 Å². The first-order chi connectivity index (χ1) is 10.1. The van der Waals surface area contributed by atoms with Crippen LogP contribution in [0.3, 0.4) is 0 Å². The molecule has 1 fully saturated rings. The molecule has 1 aliphatic heterocycles. The summed E-state index contributed by atoms with van der Waals surface area (Å²) in [6, 6.07) is 11.2. The summed E-state index contributed by atoms with van der Waals surface area (Å²) in [6.45, 7) is 5.87. The Labute approximate surface area is 133 Å². The molecular formula is C17H28N2OS. The molecule has 1 heterocycles. The molecule has 2 N–H and O–H groups in total. The molecule has 1 aliphatic rings. The molecule has 4 heteroatoms. The molecule has 21 heavy (non-hydrogen) atoms. The van der Waals surface area contributed by atoms with Crippen molar-refractivity contribution in [2.45, 2.75) is 38.0 Å². The lowest BCUT2D eigenvalue weighted by Crippen LogP contribution is -2.50. The summed E-state index contributed by atoms with van der Waals surface area (Å²) in [5.41, 5.74) is 0.772. The molecule has 1 aromatic rings. The van der Waals surface area contributed by atoms with Gasteiger partial charge in [0.05, 0.1) is 5.60 Å². The summed E-state index contributed by atoms with van der Waals surface area (Å²) in [5.74, 6) is 0.778. The summed E-state index contributed by atoms with van der Waals surface area (Å²) in [4.78, 5) is 2.51. The number of rotatable bonds is 7. The van der Waals surface area contributed by atoms with Crippen molar-refractivity contribution in [1.29, 1.82) is 0 Å². The van der Waals surface area contributed by atoms with Gasteiger partial charge in [0.1, 0.15) is 0 Å². The van der Waals surface area contributed by atoms with E-state index in [2.05, 4.69) is 40.5 Å². The predicted molar refractivity (Wildman–Crippen MR) is 91.7 cm³/mol. The van der Waals surface area contributed by atoms with Crippen LogP contribution in [0.5, 0.6) is 0 Å². The van der Waals surface area contributed by atoms with Crippen molar-refractivity contribution in [3.63, 3.8) is 0 Å². The number of hydrogen-bond acceptors (Lipinski definition) is 4. The highest BCUT2D eigenvalue weighted by Gasteiger charge is 2.24. The van der Waals surface area contributed by atoms with Crippen LogP contribution in [0.25, 0.3) is 0 Å². The Morgan fingerprint density at radius 2 is 2.14 bits per heavy atom. The Balaban J connectivity index is 1.78. The summed E-state index contributed by atoms with van der Waals surface area (Å²) in [6.07, 6.45) is 4.48. The molecule has 2 rings (SSSR count). The number of hydrogen-bond donors (Lipinski definition) is 2. The van der Waals surface area contributed by atoms with E-state index in [9.17, 15) is 5.11 Å². The van der Waals surface area contributed by atoms with E-state index in [0.717, 1.165) is 18.8 Å². The van der Waals surface area contributed by atoms with Crippen molar-refractivity contribution >= 4 is 11.8 Å². The second-order valence-electron chi connectivity index (χ2n) is 6.37. The number of piperidine rings is 1. The minimum absolute atomic E-state index is 0.496. The van der Waals surface area contributed by atoms with Gasteiger partial charge in [0.2, 0.25) is 0 Å². The van der Waals surface area contributed by atoms with Gasteiger partial charge in [0.15, 0.2) is 0 Å². The molecule has 118 valence electrons. The fourth-order valence-electron chi connectivity index (χ4n) is 2.93. The Morgan fingerprint density at radius 3 is 2.86 bits per heavy atom. The maximum absolute atomic E-state index is 10.2. The van der Waals surface area contributed by atoms with E-state index in [-0.39, 0.29) is 0 Å². The second kappa shape index (κ2) is 8.18. The van der Waals surface area contributed by atoms with Gasteiger partial charge in [0, 0.05) is 31.4 Å². The number of aliphatic hydroxyl groups is 1. The quantitative estimate of drug-likeness (QED) is 0.810. The first-order valence-corrected chi connectivity index (χ1v) is 9.19. The smallest absolute Gasteiger partial charge is 0.0833 e. The molecule has 0 spiro atoms. The molecule has 0 bridgehead atoms. The van der Waals surface area contributed by atoms with Gasteiger partial charge in [-0.2, -0.15) is 11.8 Å². The molecule has 2 unspecified atom stereocenters. The van der Waals surface area contributed by atoms with Crippen LogP contribution in [0.1, 0.15) is 25.3 Å². The normalized spacial score (nSPS) is 22.9. The number of likely N-dealkylation sites (tertiary alicyclic amines) is 1. The summed E-state index contributed by atoms with van der Waals surface area (Å²) in [5, 5.41) is 13.8. The van der Waals surface area contributed by atoms with Gasteiger partial charge in [0.25, 0.3) is 0 Å². The highest BCUT2D eigenvalue weighted by atomic mass is 32.2. The molecule has 0 aliphatic carbocycles. The van der Waals surface area contributed by atoms with Crippen LogP contribution in [-0.2, 0) is 6.54 Å². The lowest BCUT2D eigenvalue weighted by Gasteiger charge is -2.35. The van der Waals surface area contributed by atoms with Crippen LogP contribution in [-0.4, -0.2) is 53.3 Å². The third kappa shape index (κ3) is 5.99. The fraction of sp³-hybridized carbons (Fsp3) is 0.647. The average Bonchev–Trinajstić information content (AvgIpc) is 2.47. The van der Waals surface area contributed by atoms with E-state index in [4.69, 9.17) is 0 Å². The summed E-state index contributed by atoms with van der Waals surface area (Å²) in [7, 11) is 0.